The van der Waals surface area contributed by atoms with Crippen LogP contribution in [0.25, 0.3) is 0 Å². The average molecular weight is 361 g/mol. The maximum Gasteiger partial charge on any atom is 0.269 e. The van der Waals surface area contributed by atoms with E-state index in [2.05, 4.69) is 22.0 Å². The fraction of sp³-hybridized carbons (Fsp3) is 0.611. The first kappa shape index (κ1) is 18.6. The van der Waals surface area contributed by atoms with Gasteiger partial charge in [0, 0.05) is 50.9 Å². The number of hydrogen-bond donors (Lipinski definition) is 1. The largest absolute Gasteiger partial charge is 0.379 e. The van der Waals surface area contributed by atoms with Crippen molar-refractivity contribution in [2.45, 2.75) is 25.9 Å². The van der Waals surface area contributed by atoms with E-state index in [1.165, 1.54) is 12.1 Å². The Bertz CT molecular complexity index is 628. The van der Waals surface area contributed by atoms with E-state index in [1.54, 1.807) is 12.1 Å². The molecule has 26 heavy (non-hydrogen) atoms. The topological polar surface area (TPSA) is 83.2 Å². The lowest BCUT2D eigenvalue weighted by Gasteiger charge is -2.32. The Kier molecular flexibility index (Phi) is 6.40. The number of morpholine rings is 1. The van der Waals surface area contributed by atoms with Crippen LogP contribution in [0.2, 0.25) is 0 Å². The van der Waals surface area contributed by atoms with Crippen LogP contribution >= 0.6 is 0 Å². The lowest BCUT2D eigenvalue weighted by Crippen LogP contribution is -2.46. The number of nitro benzene ring substituents is 1. The van der Waals surface area contributed by atoms with Crippen molar-refractivity contribution in [3.8, 4) is 0 Å². The van der Waals surface area contributed by atoms with Crippen LogP contribution in [0.3, 0.4) is 0 Å². The summed E-state index contributed by atoms with van der Waals surface area (Å²) in [4.78, 5) is 19.9. The van der Waals surface area contributed by atoms with Gasteiger partial charge in [-0.15, -0.1) is 0 Å². The van der Waals surface area contributed by atoms with E-state index in [9.17, 15) is 10.1 Å². The van der Waals surface area contributed by atoms with Gasteiger partial charge in [0.1, 0.15) is 0 Å². The lowest BCUT2D eigenvalue weighted by atomic mass is 10.2. The summed E-state index contributed by atoms with van der Waals surface area (Å²) < 4.78 is 5.45. The van der Waals surface area contributed by atoms with Crippen LogP contribution in [0.4, 0.5) is 5.69 Å². The first-order valence-corrected chi connectivity index (χ1v) is 9.25. The Morgan fingerprint density at radius 3 is 2.69 bits per heavy atom. The minimum absolute atomic E-state index is 0.109. The minimum atomic E-state index is -0.382. The van der Waals surface area contributed by atoms with Crippen molar-refractivity contribution >= 4 is 11.6 Å². The Morgan fingerprint density at radius 1 is 1.31 bits per heavy atom. The standard InChI is InChI=1S/C18H27N5O3/c1-2-19-18(20-13-15-3-5-16(6-4-15)23(24)25)22-8-7-17(14-22)21-9-11-26-12-10-21/h3-6,17H,2,7-14H2,1H3,(H,19,20). The van der Waals surface area contributed by atoms with Gasteiger partial charge >= 0.3 is 0 Å². The minimum Gasteiger partial charge on any atom is -0.379 e. The van der Waals surface area contributed by atoms with Crippen LogP contribution in [-0.4, -0.2) is 72.7 Å². The number of nitrogens with zero attached hydrogens (tertiary/aromatic N) is 4. The number of likely N-dealkylation sites (tertiary alicyclic amines) is 1. The number of nitrogens with one attached hydrogen (secondary N) is 1. The molecule has 0 radical (unpaired) electrons. The monoisotopic (exact) mass is 361 g/mol. The van der Waals surface area contributed by atoms with Gasteiger partial charge in [-0.05, 0) is 18.9 Å². The van der Waals surface area contributed by atoms with E-state index in [0.717, 1.165) is 63.9 Å². The molecule has 1 atom stereocenters. The Labute approximate surface area is 154 Å². The molecule has 3 rings (SSSR count). The third-order valence-corrected chi connectivity index (χ3v) is 4.92. The fourth-order valence-corrected chi connectivity index (χ4v) is 3.49. The molecule has 0 aromatic heterocycles. The van der Waals surface area contributed by atoms with E-state index in [1.807, 2.05) is 0 Å². The summed E-state index contributed by atoms with van der Waals surface area (Å²) in [6.45, 7) is 9.04. The molecule has 142 valence electrons. The van der Waals surface area contributed by atoms with E-state index in [4.69, 9.17) is 9.73 Å². The van der Waals surface area contributed by atoms with Crippen LogP contribution in [0, 0.1) is 10.1 Å². The van der Waals surface area contributed by atoms with E-state index < -0.39 is 0 Å². The molecule has 1 aromatic rings. The predicted octanol–water partition coefficient (Wildman–Crippen LogP) is 1.47. The first-order valence-electron chi connectivity index (χ1n) is 9.25. The third kappa shape index (κ3) is 4.70. The third-order valence-electron chi connectivity index (χ3n) is 4.92. The molecule has 0 saturated carbocycles. The molecule has 2 aliphatic rings. The second-order valence-electron chi connectivity index (χ2n) is 6.63. The highest BCUT2D eigenvalue weighted by molar-refractivity contribution is 5.80. The molecule has 1 unspecified atom stereocenters. The van der Waals surface area contributed by atoms with Gasteiger partial charge in [-0.1, -0.05) is 12.1 Å². The van der Waals surface area contributed by atoms with Gasteiger partial charge in [0.2, 0.25) is 0 Å². The summed E-state index contributed by atoms with van der Waals surface area (Å²) in [6, 6.07) is 7.16. The summed E-state index contributed by atoms with van der Waals surface area (Å²) in [5, 5.41) is 14.1. The summed E-state index contributed by atoms with van der Waals surface area (Å²) in [6.07, 6.45) is 1.14. The van der Waals surface area contributed by atoms with Gasteiger partial charge in [0.15, 0.2) is 5.96 Å². The molecule has 2 saturated heterocycles. The Balaban J connectivity index is 1.61. The fourth-order valence-electron chi connectivity index (χ4n) is 3.49. The van der Waals surface area contributed by atoms with Crippen molar-refractivity contribution < 1.29 is 9.66 Å². The Morgan fingerprint density at radius 2 is 2.04 bits per heavy atom. The van der Waals surface area contributed by atoms with Crippen molar-refractivity contribution in [1.82, 2.24) is 15.1 Å². The van der Waals surface area contributed by atoms with E-state index in [-0.39, 0.29) is 10.6 Å². The number of non-ortho nitro benzene ring substituents is 1. The molecule has 0 aliphatic carbocycles. The van der Waals surface area contributed by atoms with Crippen LogP contribution in [0.15, 0.2) is 29.3 Å². The lowest BCUT2D eigenvalue weighted by molar-refractivity contribution is -0.384. The average Bonchev–Trinajstić information content (AvgIpc) is 3.16. The maximum atomic E-state index is 10.7. The number of nitro groups is 1. The van der Waals surface area contributed by atoms with Crippen molar-refractivity contribution in [1.29, 1.82) is 0 Å². The predicted molar refractivity (Wildman–Crippen MR) is 100 cm³/mol. The van der Waals surface area contributed by atoms with E-state index in [0.29, 0.717) is 12.6 Å². The second kappa shape index (κ2) is 8.95. The number of benzene rings is 1. The van der Waals surface area contributed by atoms with E-state index >= 15 is 0 Å². The summed E-state index contributed by atoms with van der Waals surface area (Å²) in [7, 11) is 0. The van der Waals surface area contributed by atoms with Crippen molar-refractivity contribution in [3.63, 3.8) is 0 Å². The summed E-state index contributed by atoms with van der Waals surface area (Å²) in [5.74, 6) is 0.918. The van der Waals surface area contributed by atoms with Gasteiger partial charge in [-0.2, -0.15) is 0 Å². The SMILES string of the molecule is CCNC(=NCc1ccc([N+](=O)[O-])cc1)N1CCC(N2CCOCC2)C1. The Hall–Kier alpha value is -2.19. The smallest absolute Gasteiger partial charge is 0.269 e. The number of guanidine groups is 1. The number of aliphatic imine (C=N–C) groups is 1. The van der Waals surface area contributed by atoms with Crippen LogP contribution < -0.4 is 5.32 Å². The zero-order valence-electron chi connectivity index (χ0n) is 15.3. The van der Waals surface area contributed by atoms with Crippen molar-refractivity contribution in [3.05, 3.63) is 39.9 Å². The van der Waals surface area contributed by atoms with Crippen molar-refractivity contribution in [2.24, 2.45) is 4.99 Å². The molecule has 2 heterocycles. The van der Waals surface area contributed by atoms with Gasteiger partial charge in [-0.3, -0.25) is 15.0 Å². The molecule has 2 fully saturated rings. The highest BCUT2D eigenvalue weighted by Gasteiger charge is 2.30. The van der Waals surface area contributed by atoms with Gasteiger partial charge in [0.25, 0.3) is 5.69 Å². The van der Waals surface area contributed by atoms with Gasteiger partial charge in [-0.25, -0.2) is 4.99 Å². The molecule has 0 spiro atoms. The van der Waals surface area contributed by atoms with Gasteiger partial charge in [0.05, 0.1) is 24.7 Å². The molecule has 1 N–H and O–H groups in total. The summed E-state index contributed by atoms with van der Waals surface area (Å²) in [5.41, 5.74) is 1.08. The molecule has 8 nitrogen and oxygen atoms in total. The molecular weight excluding hydrogens is 334 g/mol. The highest BCUT2D eigenvalue weighted by atomic mass is 16.6. The molecule has 2 aliphatic heterocycles. The van der Waals surface area contributed by atoms with Crippen LogP contribution in [-0.2, 0) is 11.3 Å². The molecule has 0 amide bonds. The molecular formula is C18H27N5O3. The van der Waals surface area contributed by atoms with Crippen LogP contribution in [0.1, 0.15) is 18.9 Å². The number of rotatable bonds is 5. The number of ether oxygens (including phenoxy) is 1. The second-order valence-corrected chi connectivity index (χ2v) is 6.63. The highest BCUT2D eigenvalue weighted by Crippen LogP contribution is 2.18. The van der Waals surface area contributed by atoms with Crippen LogP contribution in [0.5, 0.6) is 0 Å². The quantitative estimate of drug-likeness (QED) is 0.370. The van der Waals surface area contributed by atoms with Gasteiger partial charge < -0.3 is 15.0 Å². The summed E-state index contributed by atoms with van der Waals surface area (Å²) >= 11 is 0. The normalized spacial score (nSPS) is 21.8. The number of hydrogen-bond acceptors (Lipinski definition) is 5. The maximum absolute atomic E-state index is 10.7. The zero-order chi connectivity index (χ0) is 18.4. The van der Waals surface area contributed by atoms with Crippen molar-refractivity contribution in [2.75, 3.05) is 45.9 Å². The molecule has 1 aromatic carbocycles. The first-order chi connectivity index (χ1) is 12.7. The molecule has 8 heteroatoms. The molecule has 0 bridgehead atoms. The zero-order valence-corrected chi connectivity index (χ0v) is 15.3.